The predicted octanol–water partition coefficient (Wildman–Crippen LogP) is 0.127. The Morgan fingerprint density at radius 1 is 1.04 bits per heavy atom. The number of hydrogen-bond acceptors (Lipinski definition) is 7. The number of rotatable bonds is 3. The molecule has 0 aliphatic carbocycles. The van der Waals surface area contributed by atoms with E-state index in [9.17, 15) is 20.4 Å². The lowest BCUT2D eigenvalue weighted by atomic mass is 9.94. The molecule has 0 bridgehead atoms. The monoisotopic (exact) mass is 382 g/mol. The minimum atomic E-state index is -1.49. The van der Waals surface area contributed by atoms with Gasteiger partial charge < -0.3 is 36.3 Å². The van der Waals surface area contributed by atoms with Gasteiger partial charge in [0.15, 0.2) is 0 Å². The highest BCUT2D eigenvalue weighted by atomic mass is 16.5. The van der Waals surface area contributed by atoms with Gasteiger partial charge in [0.1, 0.15) is 30.5 Å². The number of nitrogens with one attached hydrogen (secondary N) is 1. The van der Waals surface area contributed by atoms with Crippen LogP contribution in [0.25, 0.3) is 11.1 Å². The van der Waals surface area contributed by atoms with Crippen molar-refractivity contribution in [2.24, 2.45) is 0 Å². The lowest BCUT2D eigenvalue weighted by Gasteiger charge is -2.37. The Hall–Kier alpha value is -2.73. The van der Waals surface area contributed by atoms with E-state index >= 15 is 0 Å². The molecule has 1 heterocycles. The SMILES string of the molecule is N=Cc1cc(-c2ccccc2)cc(C#CC2OC(CO)[C@@H](O)C(O)C2O)c1N. The molecule has 0 saturated carbocycles. The number of nitrogen functional groups attached to an aromatic ring is 1. The standard InChI is InChI=1S/C21H22N2O5/c22-10-15-9-14(12-4-2-1-3-5-12)8-13(18(15)23)6-7-16-19(25)21(27)20(26)17(11-24)28-16/h1-5,8-10,16-17,19-22,24-27H,11,23H2/t16?,17?,19?,20-,21?/m1/s1. The van der Waals surface area contributed by atoms with Crippen molar-refractivity contribution in [3.63, 3.8) is 0 Å². The second-order valence-corrected chi connectivity index (χ2v) is 6.56. The fraction of sp³-hybridized carbons (Fsp3) is 0.286. The van der Waals surface area contributed by atoms with E-state index in [-0.39, 0.29) is 0 Å². The van der Waals surface area contributed by atoms with Crippen molar-refractivity contribution in [2.45, 2.75) is 30.5 Å². The van der Waals surface area contributed by atoms with Crippen LogP contribution in [-0.4, -0.2) is 63.8 Å². The van der Waals surface area contributed by atoms with Gasteiger partial charge in [-0.15, -0.1) is 0 Å². The van der Waals surface area contributed by atoms with Crippen LogP contribution in [-0.2, 0) is 4.74 Å². The number of nitrogens with two attached hydrogens (primary N) is 1. The Kier molecular flexibility index (Phi) is 6.09. The van der Waals surface area contributed by atoms with Crippen LogP contribution in [0.2, 0.25) is 0 Å². The summed E-state index contributed by atoms with van der Waals surface area (Å²) in [5, 5.41) is 46.7. The van der Waals surface area contributed by atoms with Crippen LogP contribution in [0.4, 0.5) is 5.69 Å². The molecule has 7 heteroatoms. The van der Waals surface area contributed by atoms with Gasteiger partial charge in [0, 0.05) is 17.3 Å². The first-order chi connectivity index (χ1) is 13.5. The van der Waals surface area contributed by atoms with Crippen LogP contribution in [0.3, 0.4) is 0 Å². The van der Waals surface area contributed by atoms with Crippen molar-refractivity contribution in [1.29, 1.82) is 5.41 Å². The molecule has 5 atom stereocenters. The normalized spacial score (nSPS) is 26.9. The van der Waals surface area contributed by atoms with Crippen LogP contribution in [0.5, 0.6) is 0 Å². The number of benzene rings is 2. The molecule has 3 rings (SSSR count). The number of ether oxygens (including phenoxy) is 1. The molecule has 2 aromatic carbocycles. The summed E-state index contributed by atoms with van der Waals surface area (Å²) < 4.78 is 5.39. The van der Waals surface area contributed by atoms with E-state index in [4.69, 9.17) is 15.9 Å². The van der Waals surface area contributed by atoms with Crippen LogP contribution in [0.15, 0.2) is 42.5 Å². The summed E-state index contributed by atoms with van der Waals surface area (Å²) in [6.07, 6.45) is -5.36. The molecule has 1 aliphatic heterocycles. The Labute approximate surface area is 162 Å². The topological polar surface area (TPSA) is 140 Å². The first kappa shape index (κ1) is 20.0. The first-order valence-electron chi connectivity index (χ1n) is 8.77. The van der Waals surface area contributed by atoms with E-state index in [1.54, 1.807) is 12.1 Å². The molecule has 2 aromatic rings. The third-order valence-electron chi connectivity index (χ3n) is 4.72. The summed E-state index contributed by atoms with van der Waals surface area (Å²) in [5.74, 6) is 5.55. The summed E-state index contributed by atoms with van der Waals surface area (Å²) >= 11 is 0. The molecule has 0 aromatic heterocycles. The molecule has 0 radical (unpaired) electrons. The van der Waals surface area contributed by atoms with Gasteiger partial charge in [0.25, 0.3) is 0 Å². The molecule has 0 amide bonds. The molecule has 28 heavy (non-hydrogen) atoms. The number of aliphatic hydroxyl groups is 4. The lowest BCUT2D eigenvalue weighted by molar-refractivity contribution is -0.214. The van der Waals surface area contributed by atoms with Gasteiger partial charge in [-0.3, -0.25) is 0 Å². The summed E-state index contributed by atoms with van der Waals surface area (Å²) in [4.78, 5) is 0. The first-order valence-corrected chi connectivity index (χ1v) is 8.77. The molecule has 146 valence electrons. The molecule has 0 spiro atoms. The highest BCUT2D eigenvalue weighted by molar-refractivity contribution is 5.90. The third-order valence-corrected chi connectivity index (χ3v) is 4.72. The van der Waals surface area contributed by atoms with Crippen LogP contribution < -0.4 is 5.73 Å². The summed E-state index contributed by atoms with van der Waals surface area (Å²) in [5.41, 5.74) is 9.12. The fourth-order valence-corrected chi connectivity index (χ4v) is 3.07. The molecule has 1 aliphatic rings. The number of hydrogen-bond donors (Lipinski definition) is 6. The van der Waals surface area contributed by atoms with Gasteiger partial charge in [-0.25, -0.2) is 0 Å². The molecule has 7 N–H and O–H groups in total. The smallest absolute Gasteiger partial charge is 0.147 e. The van der Waals surface area contributed by atoms with Crippen molar-refractivity contribution in [1.82, 2.24) is 0 Å². The Balaban J connectivity index is 1.98. The highest BCUT2D eigenvalue weighted by Gasteiger charge is 2.42. The largest absolute Gasteiger partial charge is 0.397 e. The maximum absolute atomic E-state index is 10.1. The Morgan fingerprint density at radius 3 is 2.39 bits per heavy atom. The van der Waals surface area contributed by atoms with Crippen molar-refractivity contribution in [2.75, 3.05) is 12.3 Å². The zero-order valence-electron chi connectivity index (χ0n) is 15.0. The Bertz CT molecular complexity index is 904. The summed E-state index contributed by atoms with van der Waals surface area (Å²) in [7, 11) is 0. The van der Waals surface area contributed by atoms with Gasteiger partial charge in [0.2, 0.25) is 0 Å². The number of anilines is 1. The van der Waals surface area contributed by atoms with Gasteiger partial charge >= 0.3 is 0 Å². The minimum Gasteiger partial charge on any atom is -0.397 e. The zero-order valence-corrected chi connectivity index (χ0v) is 15.0. The second-order valence-electron chi connectivity index (χ2n) is 6.56. The average Bonchev–Trinajstić information content (AvgIpc) is 2.73. The van der Waals surface area contributed by atoms with E-state index in [0.717, 1.165) is 17.3 Å². The summed E-state index contributed by atoms with van der Waals surface area (Å²) in [6, 6.07) is 13.1. The van der Waals surface area contributed by atoms with E-state index in [1.807, 2.05) is 30.3 Å². The molecule has 4 unspecified atom stereocenters. The average molecular weight is 382 g/mol. The molecular formula is C21H22N2O5. The minimum absolute atomic E-state index is 0.312. The van der Waals surface area contributed by atoms with Crippen LogP contribution in [0, 0.1) is 17.3 Å². The fourth-order valence-electron chi connectivity index (χ4n) is 3.07. The van der Waals surface area contributed by atoms with E-state index < -0.39 is 37.1 Å². The van der Waals surface area contributed by atoms with Crippen molar-refractivity contribution >= 4 is 11.9 Å². The van der Waals surface area contributed by atoms with Gasteiger partial charge in [-0.1, -0.05) is 42.2 Å². The van der Waals surface area contributed by atoms with Gasteiger partial charge in [-0.05, 0) is 23.3 Å². The molecule has 1 fully saturated rings. The Morgan fingerprint density at radius 2 is 1.75 bits per heavy atom. The van der Waals surface area contributed by atoms with Crippen molar-refractivity contribution < 1.29 is 25.2 Å². The lowest BCUT2D eigenvalue weighted by Crippen LogP contribution is -2.58. The van der Waals surface area contributed by atoms with Crippen LogP contribution in [0.1, 0.15) is 11.1 Å². The predicted molar refractivity (Wildman–Crippen MR) is 105 cm³/mol. The van der Waals surface area contributed by atoms with Crippen molar-refractivity contribution in [3.05, 3.63) is 53.6 Å². The van der Waals surface area contributed by atoms with Crippen LogP contribution >= 0.6 is 0 Å². The second kappa shape index (κ2) is 8.52. The summed E-state index contributed by atoms with van der Waals surface area (Å²) in [6.45, 7) is -0.521. The molecule has 1 saturated heterocycles. The quantitative estimate of drug-likeness (QED) is 0.253. The number of aliphatic hydroxyl groups excluding tert-OH is 4. The highest BCUT2D eigenvalue weighted by Crippen LogP contribution is 2.27. The van der Waals surface area contributed by atoms with Gasteiger partial charge in [0.05, 0.1) is 12.3 Å². The third kappa shape index (κ3) is 3.92. The van der Waals surface area contributed by atoms with E-state index in [0.29, 0.717) is 16.8 Å². The molecule has 7 nitrogen and oxygen atoms in total. The van der Waals surface area contributed by atoms with Gasteiger partial charge in [-0.2, -0.15) is 0 Å². The zero-order chi connectivity index (χ0) is 20.3. The van der Waals surface area contributed by atoms with E-state index in [2.05, 4.69) is 11.8 Å². The molecular weight excluding hydrogens is 360 g/mol. The maximum atomic E-state index is 10.1. The maximum Gasteiger partial charge on any atom is 0.147 e. The van der Waals surface area contributed by atoms with Crippen molar-refractivity contribution in [3.8, 4) is 23.0 Å². The van der Waals surface area contributed by atoms with E-state index in [1.165, 1.54) is 0 Å².